The van der Waals surface area contributed by atoms with Crippen molar-refractivity contribution < 1.29 is 24.5 Å². The number of benzene rings is 1. The molecule has 0 aliphatic carbocycles. The van der Waals surface area contributed by atoms with Gasteiger partial charge in [-0.2, -0.15) is 0 Å². The van der Waals surface area contributed by atoms with Gasteiger partial charge in [-0.1, -0.05) is 24.3 Å². The van der Waals surface area contributed by atoms with Gasteiger partial charge in [0.25, 0.3) is 0 Å². The molecule has 0 saturated carbocycles. The molecule has 2 N–H and O–H groups in total. The Balaban J connectivity index is 2.33. The van der Waals surface area contributed by atoms with E-state index in [4.69, 9.17) is 14.6 Å². The third-order valence-electron chi connectivity index (χ3n) is 3.01. The first-order valence-corrected chi connectivity index (χ1v) is 5.85. The molecule has 0 aromatic heterocycles. The zero-order chi connectivity index (χ0) is 13.0. The van der Waals surface area contributed by atoms with Crippen LogP contribution in [0.1, 0.15) is 17.5 Å². The Hall–Kier alpha value is -1.43. The lowest BCUT2D eigenvalue weighted by Gasteiger charge is -2.35. The molecule has 1 heterocycles. The average Bonchev–Trinajstić information content (AvgIpc) is 2.39. The summed E-state index contributed by atoms with van der Waals surface area (Å²) in [6.45, 7) is 0.540. The summed E-state index contributed by atoms with van der Waals surface area (Å²) in [7, 11) is 0. The molecule has 0 saturated heterocycles. The molecule has 1 aromatic rings. The molecule has 5 heteroatoms. The van der Waals surface area contributed by atoms with Crippen molar-refractivity contribution in [2.75, 3.05) is 19.8 Å². The lowest BCUT2D eigenvalue weighted by molar-refractivity contribution is -0.182. The highest BCUT2D eigenvalue weighted by Crippen LogP contribution is 2.34. The third kappa shape index (κ3) is 2.25. The Kier molecular flexibility index (Phi) is 3.96. The van der Waals surface area contributed by atoms with Gasteiger partial charge in [0.2, 0.25) is 5.60 Å². The normalized spacial score (nSPS) is 22.5. The molecule has 0 amide bonds. The fourth-order valence-corrected chi connectivity index (χ4v) is 2.09. The summed E-state index contributed by atoms with van der Waals surface area (Å²) in [6, 6.07) is 7.22. The van der Waals surface area contributed by atoms with Crippen molar-refractivity contribution in [2.45, 2.75) is 18.6 Å². The van der Waals surface area contributed by atoms with Gasteiger partial charge >= 0.3 is 5.97 Å². The molecule has 0 fully saturated rings. The summed E-state index contributed by atoms with van der Waals surface area (Å²) in [6.07, 6.45) is 0.400. The summed E-state index contributed by atoms with van der Waals surface area (Å²) >= 11 is 0. The Labute approximate surface area is 105 Å². The molecule has 0 bridgehead atoms. The number of fused-ring (bicyclic) bond motifs is 1. The second-order valence-corrected chi connectivity index (χ2v) is 4.21. The topological polar surface area (TPSA) is 76.0 Å². The van der Waals surface area contributed by atoms with Crippen molar-refractivity contribution in [1.82, 2.24) is 0 Å². The molecule has 2 rings (SSSR count). The standard InChI is InChI=1S/C13H16O5/c14-6-3-7-18-13(12(15)16)9-17-8-10-4-1-2-5-11(10)13/h1-2,4-5,14H,3,6-9H2,(H,15,16). The van der Waals surface area contributed by atoms with E-state index in [9.17, 15) is 9.90 Å². The van der Waals surface area contributed by atoms with Crippen molar-refractivity contribution in [3.63, 3.8) is 0 Å². The Morgan fingerprint density at radius 3 is 2.94 bits per heavy atom. The highest BCUT2D eigenvalue weighted by Gasteiger charge is 2.45. The van der Waals surface area contributed by atoms with Crippen LogP contribution in [-0.2, 0) is 26.5 Å². The van der Waals surface area contributed by atoms with Gasteiger partial charge in [0.1, 0.15) is 0 Å². The van der Waals surface area contributed by atoms with Crippen LogP contribution in [0.3, 0.4) is 0 Å². The Morgan fingerprint density at radius 1 is 1.44 bits per heavy atom. The number of ether oxygens (including phenoxy) is 2. The number of rotatable bonds is 5. The van der Waals surface area contributed by atoms with E-state index in [1.807, 2.05) is 12.1 Å². The highest BCUT2D eigenvalue weighted by molar-refractivity contribution is 5.80. The Bertz CT molecular complexity index is 431. The molecular formula is C13H16O5. The second-order valence-electron chi connectivity index (χ2n) is 4.21. The van der Waals surface area contributed by atoms with Crippen LogP contribution in [0.4, 0.5) is 0 Å². The van der Waals surface area contributed by atoms with Gasteiger partial charge in [-0.15, -0.1) is 0 Å². The van der Waals surface area contributed by atoms with E-state index in [0.717, 1.165) is 5.56 Å². The van der Waals surface area contributed by atoms with Crippen LogP contribution >= 0.6 is 0 Å². The molecule has 0 radical (unpaired) electrons. The number of hydrogen-bond donors (Lipinski definition) is 2. The minimum Gasteiger partial charge on any atom is -0.479 e. The van der Waals surface area contributed by atoms with E-state index >= 15 is 0 Å². The average molecular weight is 252 g/mol. The second kappa shape index (κ2) is 5.48. The fraction of sp³-hybridized carbons (Fsp3) is 0.462. The first kappa shape index (κ1) is 13.0. The van der Waals surface area contributed by atoms with Gasteiger partial charge in [0, 0.05) is 12.2 Å². The van der Waals surface area contributed by atoms with Gasteiger partial charge in [-0.05, 0) is 12.0 Å². The van der Waals surface area contributed by atoms with Crippen LogP contribution in [0.25, 0.3) is 0 Å². The van der Waals surface area contributed by atoms with Crippen molar-refractivity contribution in [2.24, 2.45) is 0 Å². The van der Waals surface area contributed by atoms with Crippen LogP contribution in [0.15, 0.2) is 24.3 Å². The van der Waals surface area contributed by atoms with E-state index < -0.39 is 11.6 Å². The predicted molar refractivity (Wildman–Crippen MR) is 63.1 cm³/mol. The van der Waals surface area contributed by atoms with Crippen LogP contribution in [-0.4, -0.2) is 36.0 Å². The van der Waals surface area contributed by atoms with Crippen molar-refractivity contribution in [1.29, 1.82) is 0 Å². The number of carbonyl (C=O) groups is 1. The molecule has 18 heavy (non-hydrogen) atoms. The van der Waals surface area contributed by atoms with E-state index in [1.165, 1.54) is 0 Å². The fourth-order valence-electron chi connectivity index (χ4n) is 2.09. The number of aliphatic carboxylic acids is 1. The number of hydrogen-bond acceptors (Lipinski definition) is 4. The summed E-state index contributed by atoms with van der Waals surface area (Å²) in [4.78, 5) is 11.6. The van der Waals surface area contributed by atoms with Crippen LogP contribution in [0.2, 0.25) is 0 Å². The van der Waals surface area contributed by atoms with Gasteiger partial charge in [0.05, 0.1) is 19.8 Å². The van der Waals surface area contributed by atoms with Crippen molar-refractivity contribution >= 4 is 5.97 Å². The molecule has 1 aliphatic rings. The molecule has 5 nitrogen and oxygen atoms in total. The minimum atomic E-state index is -1.45. The van der Waals surface area contributed by atoms with Gasteiger partial charge < -0.3 is 19.7 Å². The molecule has 1 unspecified atom stereocenters. The SMILES string of the molecule is O=C(O)C1(OCCCO)COCc2ccccc21. The maximum absolute atomic E-state index is 11.6. The first-order chi connectivity index (χ1) is 8.70. The lowest BCUT2D eigenvalue weighted by atomic mass is 9.88. The predicted octanol–water partition coefficient (Wildman–Crippen LogP) is 0.896. The van der Waals surface area contributed by atoms with E-state index in [1.54, 1.807) is 12.1 Å². The molecule has 1 aromatic carbocycles. The van der Waals surface area contributed by atoms with Crippen LogP contribution < -0.4 is 0 Å². The lowest BCUT2D eigenvalue weighted by Crippen LogP contribution is -2.46. The maximum Gasteiger partial charge on any atom is 0.343 e. The monoisotopic (exact) mass is 252 g/mol. The summed E-state index contributed by atoms with van der Waals surface area (Å²) in [5.74, 6) is -1.06. The minimum absolute atomic E-state index is 0.00915. The van der Waals surface area contributed by atoms with Crippen LogP contribution in [0.5, 0.6) is 0 Å². The van der Waals surface area contributed by atoms with Gasteiger partial charge in [0.15, 0.2) is 0 Å². The molecule has 1 aliphatic heterocycles. The first-order valence-electron chi connectivity index (χ1n) is 5.85. The molecule has 1 atom stereocenters. The zero-order valence-corrected chi connectivity index (χ0v) is 9.96. The number of carboxylic acids is 1. The van der Waals surface area contributed by atoms with Crippen molar-refractivity contribution in [3.05, 3.63) is 35.4 Å². The third-order valence-corrected chi connectivity index (χ3v) is 3.01. The van der Waals surface area contributed by atoms with Gasteiger partial charge in [-0.3, -0.25) is 0 Å². The molecular weight excluding hydrogens is 236 g/mol. The molecule has 0 spiro atoms. The zero-order valence-electron chi connectivity index (χ0n) is 9.96. The molecule has 98 valence electrons. The quantitative estimate of drug-likeness (QED) is 0.761. The van der Waals surface area contributed by atoms with E-state index in [2.05, 4.69) is 0 Å². The number of aliphatic hydroxyl groups is 1. The summed E-state index contributed by atoms with van der Waals surface area (Å²) in [5.41, 5.74) is 0.0149. The summed E-state index contributed by atoms with van der Waals surface area (Å²) in [5, 5.41) is 18.2. The van der Waals surface area contributed by atoms with E-state index in [0.29, 0.717) is 18.6 Å². The van der Waals surface area contributed by atoms with Crippen LogP contribution in [0, 0.1) is 0 Å². The number of carboxylic acid groups (broad SMARTS) is 1. The summed E-state index contributed by atoms with van der Waals surface area (Å²) < 4.78 is 10.8. The highest BCUT2D eigenvalue weighted by atomic mass is 16.6. The largest absolute Gasteiger partial charge is 0.479 e. The maximum atomic E-state index is 11.6. The van der Waals surface area contributed by atoms with E-state index in [-0.39, 0.29) is 19.8 Å². The smallest absolute Gasteiger partial charge is 0.343 e. The van der Waals surface area contributed by atoms with Gasteiger partial charge in [-0.25, -0.2) is 4.79 Å². The number of aliphatic hydroxyl groups excluding tert-OH is 1. The Morgan fingerprint density at radius 2 is 2.22 bits per heavy atom. The van der Waals surface area contributed by atoms with Crippen molar-refractivity contribution in [3.8, 4) is 0 Å².